The van der Waals surface area contributed by atoms with Crippen LogP contribution >= 0.6 is 0 Å². The molecule has 0 aliphatic heterocycles. The molecule has 0 saturated heterocycles. The maximum atomic E-state index is 13.3. The van der Waals surface area contributed by atoms with E-state index in [1.54, 1.807) is 12.1 Å². The molecule has 0 saturated carbocycles. The largest absolute Gasteiger partial charge is 0.461 e. The Morgan fingerprint density at radius 1 is 0.795 bits per heavy atom. The zero-order valence-corrected chi connectivity index (χ0v) is 26.3. The monoisotopic (exact) mass is 609 g/mol. The van der Waals surface area contributed by atoms with Crippen LogP contribution in [0.25, 0.3) is 0 Å². The van der Waals surface area contributed by atoms with E-state index in [2.05, 4.69) is 17.2 Å². The summed E-state index contributed by atoms with van der Waals surface area (Å²) in [6.45, 7) is 2.39. The van der Waals surface area contributed by atoms with Gasteiger partial charge in [-0.25, -0.2) is 4.79 Å². The van der Waals surface area contributed by atoms with E-state index in [9.17, 15) is 19.2 Å². The molecule has 0 aliphatic carbocycles. The zero-order valence-electron chi connectivity index (χ0n) is 26.3. The normalized spacial score (nSPS) is 12.2. The number of nitrogens with two attached hydrogens (primary N) is 1. The molecule has 0 bridgehead atoms. The van der Waals surface area contributed by atoms with E-state index in [-0.39, 0.29) is 25.9 Å². The number of ether oxygens (including phenoxy) is 2. The lowest BCUT2D eigenvalue weighted by molar-refractivity contribution is -0.153. The van der Waals surface area contributed by atoms with Crippen molar-refractivity contribution in [2.45, 2.75) is 128 Å². The second-order valence-electron chi connectivity index (χ2n) is 11.4. The highest BCUT2D eigenvalue weighted by Crippen LogP contribution is 2.16. The molecule has 1 aromatic carbocycles. The maximum absolute atomic E-state index is 13.3. The highest BCUT2D eigenvalue weighted by Gasteiger charge is 2.26. The first-order chi connectivity index (χ1) is 21.4. The average molecular weight is 610 g/mol. The molecule has 44 heavy (non-hydrogen) atoms. The van der Waals surface area contributed by atoms with Gasteiger partial charge in [-0.05, 0) is 43.4 Å². The minimum Gasteiger partial charge on any atom is -0.461 e. The minimum absolute atomic E-state index is 0.0746. The van der Waals surface area contributed by atoms with Crippen molar-refractivity contribution in [1.82, 2.24) is 10.3 Å². The van der Waals surface area contributed by atoms with E-state index in [0.29, 0.717) is 18.4 Å². The summed E-state index contributed by atoms with van der Waals surface area (Å²) in [6.07, 6.45) is 16.3. The van der Waals surface area contributed by atoms with E-state index in [1.165, 1.54) is 63.8 Å². The van der Waals surface area contributed by atoms with Crippen LogP contribution in [-0.2, 0) is 30.5 Å². The summed E-state index contributed by atoms with van der Waals surface area (Å²) in [5.74, 6) is -2.06. The molecule has 1 aromatic heterocycles. The SMILES string of the molecule is CCCCCCCCCCCCC[C@@H](CC(N)=O)OC(=O)[C@H](CCCC(=O)OCc1ccccc1)NC(=O)c1ccncc1. The predicted molar refractivity (Wildman–Crippen MR) is 170 cm³/mol. The first-order valence-corrected chi connectivity index (χ1v) is 16.3. The fourth-order valence-corrected chi connectivity index (χ4v) is 4.96. The summed E-state index contributed by atoms with van der Waals surface area (Å²) in [6, 6.07) is 11.4. The molecule has 1 heterocycles. The van der Waals surface area contributed by atoms with E-state index >= 15 is 0 Å². The van der Waals surface area contributed by atoms with Gasteiger partial charge in [-0.15, -0.1) is 0 Å². The maximum Gasteiger partial charge on any atom is 0.328 e. The van der Waals surface area contributed by atoms with Crippen molar-refractivity contribution in [3.63, 3.8) is 0 Å². The van der Waals surface area contributed by atoms with Gasteiger partial charge in [0.2, 0.25) is 5.91 Å². The zero-order chi connectivity index (χ0) is 31.8. The number of primary amides is 1. The third kappa shape index (κ3) is 16.8. The van der Waals surface area contributed by atoms with Gasteiger partial charge in [0.25, 0.3) is 5.91 Å². The number of nitrogens with one attached hydrogen (secondary N) is 1. The Hall–Kier alpha value is -3.75. The molecule has 0 aliphatic rings. The van der Waals surface area contributed by atoms with Crippen molar-refractivity contribution in [3.8, 4) is 0 Å². The van der Waals surface area contributed by atoms with Crippen LogP contribution in [0.15, 0.2) is 54.9 Å². The number of unbranched alkanes of at least 4 members (excludes halogenated alkanes) is 10. The molecule has 2 rings (SSSR count). The van der Waals surface area contributed by atoms with E-state index in [4.69, 9.17) is 15.2 Å². The van der Waals surface area contributed by atoms with Gasteiger partial charge in [-0.3, -0.25) is 19.4 Å². The van der Waals surface area contributed by atoms with Crippen LogP contribution in [0.1, 0.15) is 126 Å². The van der Waals surface area contributed by atoms with Crippen LogP contribution < -0.4 is 11.1 Å². The van der Waals surface area contributed by atoms with E-state index < -0.39 is 35.9 Å². The second kappa shape index (κ2) is 22.7. The third-order valence-corrected chi connectivity index (χ3v) is 7.49. The van der Waals surface area contributed by atoms with Crippen molar-refractivity contribution >= 4 is 23.8 Å². The Labute approximate surface area is 262 Å². The van der Waals surface area contributed by atoms with Crippen LogP contribution in [0.3, 0.4) is 0 Å². The topological polar surface area (TPSA) is 138 Å². The van der Waals surface area contributed by atoms with Crippen LogP contribution in [-0.4, -0.2) is 40.9 Å². The molecule has 0 spiro atoms. The van der Waals surface area contributed by atoms with Crippen molar-refractivity contribution in [2.75, 3.05) is 0 Å². The Morgan fingerprint density at radius 3 is 2.02 bits per heavy atom. The highest BCUT2D eigenvalue weighted by molar-refractivity contribution is 5.96. The lowest BCUT2D eigenvalue weighted by atomic mass is 10.0. The van der Waals surface area contributed by atoms with E-state index in [0.717, 1.165) is 24.8 Å². The average Bonchev–Trinajstić information content (AvgIpc) is 3.02. The lowest BCUT2D eigenvalue weighted by Crippen LogP contribution is -2.43. The molecule has 2 amide bonds. The molecule has 242 valence electrons. The summed E-state index contributed by atoms with van der Waals surface area (Å²) in [7, 11) is 0. The second-order valence-corrected chi connectivity index (χ2v) is 11.4. The first kappa shape index (κ1) is 36.4. The highest BCUT2D eigenvalue weighted by atomic mass is 16.5. The molecule has 9 heteroatoms. The lowest BCUT2D eigenvalue weighted by Gasteiger charge is -2.22. The van der Waals surface area contributed by atoms with Crippen LogP contribution in [0.4, 0.5) is 0 Å². The quantitative estimate of drug-likeness (QED) is 0.101. The van der Waals surface area contributed by atoms with Gasteiger partial charge < -0.3 is 20.5 Å². The smallest absolute Gasteiger partial charge is 0.328 e. The number of carbonyl (C=O) groups is 4. The van der Waals surface area contributed by atoms with Gasteiger partial charge in [0, 0.05) is 24.4 Å². The number of pyridine rings is 1. The Kier molecular flexibility index (Phi) is 18.8. The summed E-state index contributed by atoms with van der Waals surface area (Å²) in [5.41, 5.74) is 6.68. The van der Waals surface area contributed by atoms with Crippen LogP contribution in [0, 0.1) is 0 Å². The first-order valence-electron chi connectivity index (χ1n) is 16.3. The molecule has 9 nitrogen and oxygen atoms in total. The summed E-state index contributed by atoms with van der Waals surface area (Å²) >= 11 is 0. The number of esters is 2. The molecule has 2 aromatic rings. The number of rotatable bonds is 24. The molecule has 0 unspecified atom stereocenters. The van der Waals surface area contributed by atoms with E-state index in [1.807, 2.05) is 30.3 Å². The van der Waals surface area contributed by atoms with Gasteiger partial charge in [0.05, 0.1) is 6.42 Å². The van der Waals surface area contributed by atoms with Crippen molar-refractivity contribution in [2.24, 2.45) is 5.73 Å². The van der Waals surface area contributed by atoms with Crippen molar-refractivity contribution < 1.29 is 28.7 Å². The fraction of sp³-hybridized carbons (Fsp3) is 0.571. The molecule has 0 fully saturated rings. The minimum atomic E-state index is -1.01. The molecule has 0 radical (unpaired) electrons. The standard InChI is InChI=1S/C35H51N3O6/c1-2-3-4-5-6-7-8-9-10-11-15-19-30(26-32(36)39)44-35(42)31(38-34(41)29-22-24-37-25-23-29)20-16-21-33(40)43-27-28-17-13-12-14-18-28/h12-14,17-18,22-25,30-31H,2-11,15-16,19-21,26-27H2,1H3,(H2,36,39)(H,38,41)/t30-,31-/m0/s1. The van der Waals surface area contributed by atoms with Crippen molar-refractivity contribution in [1.29, 1.82) is 0 Å². The summed E-state index contributed by atoms with van der Waals surface area (Å²) in [5, 5.41) is 2.73. The number of carbonyl (C=O) groups excluding carboxylic acids is 4. The van der Waals surface area contributed by atoms with Crippen molar-refractivity contribution in [3.05, 3.63) is 66.0 Å². The number of nitrogens with zero attached hydrogens (tertiary/aromatic N) is 1. The Morgan fingerprint density at radius 2 is 1.41 bits per heavy atom. The summed E-state index contributed by atoms with van der Waals surface area (Å²) in [4.78, 5) is 54.1. The molecular formula is C35H51N3O6. The molecule has 2 atom stereocenters. The van der Waals surface area contributed by atoms with Gasteiger partial charge in [-0.2, -0.15) is 0 Å². The predicted octanol–water partition coefficient (Wildman–Crippen LogP) is 6.58. The number of hydrogen-bond donors (Lipinski definition) is 2. The van der Waals surface area contributed by atoms with Gasteiger partial charge in [0.1, 0.15) is 18.8 Å². The molecule has 3 N–H and O–H groups in total. The molecular weight excluding hydrogens is 558 g/mol. The van der Waals surface area contributed by atoms with Crippen LogP contribution in [0.2, 0.25) is 0 Å². The van der Waals surface area contributed by atoms with Gasteiger partial charge in [0.15, 0.2) is 0 Å². The Bertz CT molecular complexity index is 1100. The van der Waals surface area contributed by atoms with Crippen LogP contribution in [0.5, 0.6) is 0 Å². The number of aromatic nitrogens is 1. The summed E-state index contributed by atoms with van der Waals surface area (Å²) < 4.78 is 11.1. The fourth-order valence-electron chi connectivity index (χ4n) is 4.96. The van der Waals surface area contributed by atoms with Gasteiger partial charge >= 0.3 is 11.9 Å². The number of benzene rings is 1. The Balaban J connectivity index is 1.85. The third-order valence-electron chi connectivity index (χ3n) is 7.49. The number of amides is 2. The number of hydrogen-bond acceptors (Lipinski definition) is 7. The van der Waals surface area contributed by atoms with Gasteiger partial charge in [-0.1, -0.05) is 101 Å².